The molecule has 1 saturated heterocycles. The minimum atomic E-state index is -0.275. The Labute approximate surface area is 114 Å². The van der Waals surface area contributed by atoms with Crippen molar-refractivity contribution in [3.63, 3.8) is 0 Å². The molecule has 0 aromatic heterocycles. The van der Waals surface area contributed by atoms with Crippen LogP contribution in [0.5, 0.6) is 0 Å². The molecule has 0 bridgehead atoms. The first-order valence-corrected chi connectivity index (χ1v) is 5.95. The minimum Gasteiger partial charge on any atom is -0.368 e. The van der Waals surface area contributed by atoms with E-state index >= 15 is 0 Å². The highest BCUT2D eigenvalue weighted by Crippen LogP contribution is 2.16. The molecule has 1 aromatic carbocycles. The fourth-order valence-corrected chi connectivity index (χ4v) is 1.97. The van der Waals surface area contributed by atoms with Crippen LogP contribution in [-0.2, 0) is 16.1 Å². The third-order valence-electron chi connectivity index (χ3n) is 2.80. The Morgan fingerprint density at radius 2 is 2.33 bits per heavy atom. The molecule has 1 heterocycles. The second-order valence-electron chi connectivity index (χ2n) is 4.22. The number of benzene rings is 1. The SMILES string of the molecule is CNCc1cccc(NC(=O)C2CCCO2)c1.Cl. The summed E-state index contributed by atoms with van der Waals surface area (Å²) in [7, 11) is 1.90. The molecule has 4 nitrogen and oxygen atoms in total. The van der Waals surface area contributed by atoms with Gasteiger partial charge in [0.1, 0.15) is 6.10 Å². The molecule has 1 aliphatic rings. The second kappa shape index (κ2) is 7.36. The molecule has 1 amide bonds. The van der Waals surface area contributed by atoms with E-state index in [1.54, 1.807) is 0 Å². The molecule has 0 saturated carbocycles. The molecule has 2 rings (SSSR count). The van der Waals surface area contributed by atoms with Gasteiger partial charge in [-0.1, -0.05) is 12.1 Å². The van der Waals surface area contributed by atoms with Crippen LogP contribution in [-0.4, -0.2) is 25.7 Å². The summed E-state index contributed by atoms with van der Waals surface area (Å²) in [6.07, 6.45) is 1.52. The summed E-state index contributed by atoms with van der Waals surface area (Å²) in [6, 6.07) is 7.84. The van der Waals surface area contributed by atoms with E-state index in [9.17, 15) is 4.79 Å². The van der Waals surface area contributed by atoms with Gasteiger partial charge < -0.3 is 15.4 Å². The first-order valence-electron chi connectivity index (χ1n) is 5.95. The Hall–Kier alpha value is -1.10. The van der Waals surface area contributed by atoms with Gasteiger partial charge in [0.15, 0.2) is 0 Å². The highest BCUT2D eigenvalue weighted by Gasteiger charge is 2.23. The van der Waals surface area contributed by atoms with Gasteiger partial charge in [0.05, 0.1) is 0 Å². The fourth-order valence-electron chi connectivity index (χ4n) is 1.97. The van der Waals surface area contributed by atoms with E-state index in [1.165, 1.54) is 0 Å². The summed E-state index contributed by atoms with van der Waals surface area (Å²) in [5, 5.41) is 5.97. The van der Waals surface area contributed by atoms with Crippen LogP contribution in [0.3, 0.4) is 0 Å². The Morgan fingerprint density at radius 1 is 1.50 bits per heavy atom. The van der Waals surface area contributed by atoms with Crippen molar-refractivity contribution in [1.82, 2.24) is 5.32 Å². The zero-order valence-corrected chi connectivity index (χ0v) is 11.3. The Kier molecular flexibility index (Phi) is 6.12. The number of carbonyl (C=O) groups is 1. The average molecular weight is 271 g/mol. The molecule has 1 unspecified atom stereocenters. The van der Waals surface area contributed by atoms with E-state index in [0.29, 0.717) is 6.61 Å². The standard InChI is InChI=1S/C13H18N2O2.ClH/c1-14-9-10-4-2-5-11(8-10)15-13(16)12-6-3-7-17-12;/h2,4-5,8,12,14H,3,6-7,9H2,1H3,(H,15,16);1H. The van der Waals surface area contributed by atoms with E-state index in [-0.39, 0.29) is 24.4 Å². The molecule has 0 spiro atoms. The van der Waals surface area contributed by atoms with Gasteiger partial charge in [0, 0.05) is 18.8 Å². The summed E-state index contributed by atoms with van der Waals surface area (Å²) in [5.74, 6) is -0.0379. The molecule has 1 atom stereocenters. The van der Waals surface area contributed by atoms with Crippen LogP contribution in [0.15, 0.2) is 24.3 Å². The molecular formula is C13H19ClN2O2. The molecule has 100 valence electrons. The summed E-state index contributed by atoms with van der Waals surface area (Å²) >= 11 is 0. The quantitative estimate of drug-likeness (QED) is 0.879. The zero-order chi connectivity index (χ0) is 12.1. The number of anilines is 1. The number of halogens is 1. The third kappa shape index (κ3) is 3.98. The smallest absolute Gasteiger partial charge is 0.253 e. The zero-order valence-electron chi connectivity index (χ0n) is 10.4. The van der Waals surface area contributed by atoms with Gasteiger partial charge in [-0.3, -0.25) is 4.79 Å². The van der Waals surface area contributed by atoms with Crippen molar-refractivity contribution >= 4 is 24.0 Å². The lowest BCUT2D eigenvalue weighted by Crippen LogP contribution is -2.26. The van der Waals surface area contributed by atoms with Crippen LogP contribution in [0.2, 0.25) is 0 Å². The average Bonchev–Trinajstić information content (AvgIpc) is 2.83. The molecule has 1 aromatic rings. The molecular weight excluding hydrogens is 252 g/mol. The predicted octanol–water partition coefficient (Wildman–Crippen LogP) is 1.95. The van der Waals surface area contributed by atoms with Gasteiger partial charge in [0.25, 0.3) is 5.91 Å². The van der Waals surface area contributed by atoms with E-state index in [0.717, 1.165) is 30.6 Å². The Balaban J connectivity index is 0.00000162. The number of ether oxygens (including phenoxy) is 1. The Bertz CT molecular complexity index is 392. The van der Waals surface area contributed by atoms with Crippen LogP contribution >= 0.6 is 12.4 Å². The van der Waals surface area contributed by atoms with Crippen molar-refractivity contribution in [3.05, 3.63) is 29.8 Å². The number of nitrogens with one attached hydrogen (secondary N) is 2. The molecule has 5 heteroatoms. The topological polar surface area (TPSA) is 50.4 Å². The number of amides is 1. The highest BCUT2D eigenvalue weighted by atomic mass is 35.5. The molecule has 0 radical (unpaired) electrons. The monoisotopic (exact) mass is 270 g/mol. The molecule has 2 N–H and O–H groups in total. The van der Waals surface area contributed by atoms with Crippen molar-refractivity contribution in [2.45, 2.75) is 25.5 Å². The summed E-state index contributed by atoms with van der Waals surface area (Å²) in [5.41, 5.74) is 1.98. The lowest BCUT2D eigenvalue weighted by molar-refractivity contribution is -0.124. The highest BCUT2D eigenvalue weighted by molar-refractivity contribution is 5.94. The molecule has 0 aliphatic carbocycles. The van der Waals surface area contributed by atoms with Gasteiger partial charge in [-0.25, -0.2) is 0 Å². The van der Waals surface area contributed by atoms with Crippen molar-refractivity contribution in [3.8, 4) is 0 Å². The van der Waals surface area contributed by atoms with Crippen LogP contribution in [0.4, 0.5) is 5.69 Å². The van der Waals surface area contributed by atoms with Gasteiger partial charge in [-0.2, -0.15) is 0 Å². The Morgan fingerprint density at radius 3 is 3.00 bits per heavy atom. The van der Waals surface area contributed by atoms with Gasteiger partial charge in [-0.05, 0) is 37.6 Å². The van der Waals surface area contributed by atoms with Crippen molar-refractivity contribution < 1.29 is 9.53 Å². The molecule has 1 aliphatic heterocycles. The largest absolute Gasteiger partial charge is 0.368 e. The summed E-state index contributed by atoms with van der Waals surface area (Å²) in [4.78, 5) is 11.8. The maximum absolute atomic E-state index is 11.8. The molecule has 18 heavy (non-hydrogen) atoms. The predicted molar refractivity (Wildman–Crippen MR) is 74.1 cm³/mol. The van der Waals surface area contributed by atoms with Crippen molar-refractivity contribution in [2.24, 2.45) is 0 Å². The first kappa shape index (κ1) is 15.0. The van der Waals surface area contributed by atoms with Crippen LogP contribution in [0.1, 0.15) is 18.4 Å². The van der Waals surface area contributed by atoms with E-state index in [2.05, 4.69) is 10.6 Å². The number of carbonyl (C=O) groups excluding carboxylic acids is 1. The van der Waals surface area contributed by atoms with Gasteiger partial charge in [0.2, 0.25) is 0 Å². The van der Waals surface area contributed by atoms with Crippen LogP contribution < -0.4 is 10.6 Å². The number of hydrogen-bond donors (Lipinski definition) is 2. The van der Waals surface area contributed by atoms with Gasteiger partial charge >= 0.3 is 0 Å². The van der Waals surface area contributed by atoms with Crippen LogP contribution in [0.25, 0.3) is 0 Å². The number of hydrogen-bond acceptors (Lipinski definition) is 3. The number of rotatable bonds is 4. The normalized spacial score (nSPS) is 18.2. The third-order valence-corrected chi connectivity index (χ3v) is 2.80. The first-order chi connectivity index (χ1) is 8.29. The van der Waals surface area contributed by atoms with Crippen molar-refractivity contribution in [2.75, 3.05) is 19.0 Å². The second-order valence-corrected chi connectivity index (χ2v) is 4.22. The van der Waals surface area contributed by atoms with E-state index < -0.39 is 0 Å². The maximum atomic E-state index is 11.8. The summed E-state index contributed by atoms with van der Waals surface area (Å²) < 4.78 is 5.34. The minimum absolute atomic E-state index is 0. The lowest BCUT2D eigenvalue weighted by Gasteiger charge is -2.11. The fraction of sp³-hybridized carbons (Fsp3) is 0.462. The van der Waals surface area contributed by atoms with Crippen molar-refractivity contribution in [1.29, 1.82) is 0 Å². The summed E-state index contributed by atoms with van der Waals surface area (Å²) in [6.45, 7) is 1.49. The lowest BCUT2D eigenvalue weighted by atomic mass is 10.2. The van der Waals surface area contributed by atoms with Crippen LogP contribution in [0, 0.1) is 0 Å². The van der Waals surface area contributed by atoms with E-state index in [4.69, 9.17) is 4.74 Å². The van der Waals surface area contributed by atoms with E-state index in [1.807, 2.05) is 31.3 Å². The molecule has 1 fully saturated rings. The maximum Gasteiger partial charge on any atom is 0.253 e. The van der Waals surface area contributed by atoms with Gasteiger partial charge in [-0.15, -0.1) is 12.4 Å².